The van der Waals surface area contributed by atoms with Gasteiger partial charge in [0, 0.05) is 11.1 Å². The standard InChI is InChI=1S/C26H31FO/c1-3-5-20-8-13-23(14-9-20)24-15-10-21(11-16-24)6-7-22-12-17-26(25(27)19-22)28-18-4-2/h10-12,15-17,19-20,23H,3-5,8-9,13-14,18H2,1-2H3/t20-,23-. The molecular formula is C26H31FO. The van der Waals surface area contributed by atoms with E-state index in [1.807, 2.05) is 13.0 Å². The van der Waals surface area contributed by atoms with Crippen LogP contribution in [-0.4, -0.2) is 6.61 Å². The Balaban J connectivity index is 1.60. The zero-order valence-electron chi connectivity index (χ0n) is 17.1. The normalized spacial score (nSPS) is 19.0. The molecule has 0 aromatic heterocycles. The second-order valence-corrected chi connectivity index (χ2v) is 7.87. The lowest BCUT2D eigenvalue weighted by Crippen LogP contribution is -2.13. The first-order chi connectivity index (χ1) is 13.7. The van der Waals surface area contributed by atoms with Gasteiger partial charge in [-0.2, -0.15) is 0 Å². The fourth-order valence-electron chi connectivity index (χ4n) is 4.08. The number of rotatable bonds is 6. The molecule has 1 aliphatic rings. The maximum atomic E-state index is 14.0. The Bertz CT molecular complexity index is 805. The first-order valence-corrected chi connectivity index (χ1v) is 10.7. The molecule has 0 aliphatic heterocycles. The van der Waals surface area contributed by atoms with Crippen LogP contribution in [0.1, 0.15) is 81.4 Å². The summed E-state index contributed by atoms with van der Waals surface area (Å²) < 4.78 is 19.4. The molecule has 0 radical (unpaired) electrons. The number of hydrogen-bond acceptors (Lipinski definition) is 1. The van der Waals surface area contributed by atoms with Crippen LogP contribution in [0.15, 0.2) is 42.5 Å². The van der Waals surface area contributed by atoms with Crippen LogP contribution in [0.2, 0.25) is 0 Å². The van der Waals surface area contributed by atoms with E-state index >= 15 is 0 Å². The van der Waals surface area contributed by atoms with Gasteiger partial charge in [0.05, 0.1) is 6.61 Å². The molecule has 1 saturated carbocycles. The van der Waals surface area contributed by atoms with Crippen molar-refractivity contribution in [3.05, 3.63) is 65.0 Å². The summed E-state index contributed by atoms with van der Waals surface area (Å²) in [6, 6.07) is 13.5. The molecule has 2 heteroatoms. The third-order valence-electron chi connectivity index (χ3n) is 5.67. The summed E-state index contributed by atoms with van der Waals surface area (Å²) in [5, 5.41) is 0. The molecule has 1 aliphatic carbocycles. The van der Waals surface area contributed by atoms with Gasteiger partial charge in [-0.1, -0.05) is 50.7 Å². The summed E-state index contributed by atoms with van der Waals surface area (Å²) in [5.41, 5.74) is 3.07. The molecule has 0 heterocycles. The fraction of sp³-hybridized carbons (Fsp3) is 0.462. The van der Waals surface area contributed by atoms with Gasteiger partial charge in [-0.05, 0) is 79.8 Å². The van der Waals surface area contributed by atoms with Crippen molar-refractivity contribution < 1.29 is 9.13 Å². The monoisotopic (exact) mass is 378 g/mol. The number of ether oxygens (including phenoxy) is 1. The van der Waals surface area contributed by atoms with E-state index in [4.69, 9.17) is 4.74 Å². The van der Waals surface area contributed by atoms with Gasteiger partial charge in [0.1, 0.15) is 0 Å². The molecule has 2 aromatic carbocycles. The quantitative estimate of drug-likeness (QED) is 0.488. The summed E-state index contributed by atoms with van der Waals surface area (Å²) in [6.45, 7) is 4.81. The van der Waals surface area contributed by atoms with Crippen molar-refractivity contribution in [1.82, 2.24) is 0 Å². The van der Waals surface area contributed by atoms with Gasteiger partial charge in [0.15, 0.2) is 11.6 Å². The Hall–Kier alpha value is -2.27. The zero-order chi connectivity index (χ0) is 19.8. The van der Waals surface area contributed by atoms with Crippen LogP contribution >= 0.6 is 0 Å². The van der Waals surface area contributed by atoms with Crippen molar-refractivity contribution >= 4 is 0 Å². The Kier molecular flexibility index (Phi) is 7.54. The first-order valence-electron chi connectivity index (χ1n) is 10.7. The molecule has 148 valence electrons. The summed E-state index contributed by atoms with van der Waals surface area (Å²) in [7, 11) is 0. The van der Waals surface area contributed by atoms with E-state index in [2.05, 4.69) is 43.0 Å². The lowest BCUT2D eigenvalue weighted by molar-refractivity contribution is 0.301. The van der Waals surface area contributed by atoms with E-state index in [0.717, 1.165) is 17.9 Å². The van der Waals surface area contributed by atoms with E-state index in [0.29, 0.717) is 23.8 Å². The van der Waals surface area contributed by atoms with Crippen molar-refractivity contribution in [2.45, 2.75) is 64.7 Å². The van der Waals surface area contributed by atoms with Gasteiger partial charge in [-0.25, -0.2) is 4.39 Å². The fourth-order valence-corrected chi connectivity index (χ4v) is 4.08. The molecular weight excluding hydrogens is 347 g/mol. The summed E-state index contributed by atoms with van der Waals surface area (Å²) in [5.74, 6) is 7.78. The van der Waals surface area contributed by atoms with Gasteiger partial charge in [0.2, 0.25) is 0 Å². The second kappa shape index (κ2) is 10.3. The van der Waals surface area contributed by atoms with E-state index < -0.39 is 0 Å². The van der Waals surface area contributed by atoms with E-state index in [-0.39, 0.29) is 5.82 Å². The van der Waals surface area contributed by atoms with Gasteiger partial charge < -0.3 is 4.74 Å². The minimum Gasteiger partial charge on any atom is -0.491 e. The largest absolute Gasteiger partial charge is 0.491 e. The van der Waals surface area contributed by atoms with Crippen molar-refractivity contribution in [1.29, 1.82) is 0 Å². The van der Waals surface area contributed by atoms with Crippen molar-refractivity contribution in [3.8, 4) is 17.6 Å². The molecule has 0 atom stereocenters. The molecule has 1 fully saturated rings. The molecule has 1 nitrogen and oxygen atoms in total. The summed E-state index contributed by atoms with van der Waals surface area (Å²) >= 11 is 0. The maximum Gasteiger partial charge on any atom is 0.166 e. The highest BCUT2D eigenvalue weighted by atomic mass is 19.1. The van der Waals surface area contributed by atoms with Gasteiger partial charge >= 0.3 is 0 Å². The highest BCUT2D eigenvalue weighted by molar-refractivity contribution is 5.45. The van der Waals surface area contributed by atoms with Gasteiger partial charge in [0.25, 0.3) is 0 Å². The number of benzene rings is 2. The van der Waals surface area contributed by atoms with Crippen molar-refractivity contribution in [2.75, 3.05) is 6.61 Å². The summed E-state index contributed by atoms with van der Waals surface area (Å²) in [6.07, 6.45) is 8.89. The van der Waals surface area contributed by atoms with Crippen LogP contribution in [0, 0.1) is 23.6 Å². The minimum absolute atomic E-state index is 0.297. The molecule has 0 unspecified atom stereocenters. The Labute approximate surface area is 169 Å². The van der Waals surface area contributed by atoms with E-state index in [1.54, 1.807) is 6.07 Å². The lowest BCUT2D eigenvalue weighted by Gasteiger charge is -2.28. The van der Waals surface area contributed by atoms with Crippen LogP contribution in [0.5, 0.6) is 5.75 Å². The average Bonchev–Trinajstić information content (AvgIpc) is 2.73. The van der Waals surface area contributed by atoms with Crippen LogP contribution in [-0.2, 0) is 0 Å². The Morgan fingerprint density at radius 3 is 2.21 bits per heavy atom. The van der Waals surface area contributed by atoms with E-state index in [9.17, 15) is 4.39 Å². The highest BCUT2D eigenvalue weighted by Crippen LogP contribution is 2.37. The Morgan fingerprint density at radius 1 is 0.893 bits per heavy atom. The molecule has 0 spiro atoms. The molecule has 0 N–H and O–H groups in total. The third kappa shape index (κ3) is 5.61. The van der Waals surface area contributed by atoms with Crippen molar-refractivity contribution in [3.63, 3.8) is 0 Å². The van der Waals surface area contributed by atoms with Crippen molar-refractivity contribution in [2.24, 2.45) is 5.92 Å². The van der Waals surface area contributed by atoms with E-state index in [1.165, 1.54) is 50.2 Å². The summed E-state index contributed by atoms with van der Waals surface area (Å²) in [4.78, 5) is 0. The smallest absolute Gasteiger partial charge is 0.166 e. The topological polar surface area (TPSA) is 9.23 Å². The SMILES string of the molecule is CCCOc1ccc(C#Cc2ccc([C@H]3CC[C@H](CCC)CC3)cc2)cc1F. The molecule has 0 saturated heterocycles. The predicted molar refractivity (Wildman–Crippen MR) is 114 cm³/mol. The third-order valence-corrected chi connectivity index (χ3v) is 5.67. The second-order valence-electron chi connectivity index (χ2n) is 7.87. The van der Waals surface area contributed by atoms with Crippen LogP contribution in [0.4, 0.5) is 4.39 Å². The maximum absolute atomic E-state index is 14.0. The van der Waals surface area contributed by atoms with Gasteiger partial charge in [-0.15, -0.1) is 0 Å². The molecule has 0 bridgehead atoms. The zero-order valence-corrected chi connectivity index (χ0v) is 17.1. The molecule has 28 heavy (non-hydrogen) atoms. The number of hydrogen-bond donors (Lipinski definition) is 0. The highest BCUT2D eigenvalue weighted by Gasteiger charge is 2.21. The van der Waals surface area contributed by atoms with Gasteiger partial charge in [-0.3, -0.25) is 0 Å². The molecule has 0 amide bonds. The van der Waals surface area contributed by atoms with Crippen LogP contribution < -0.4 is 4.74 Å². The Morgan fingerprint density at radius 2 is 1.57 bits per heavy atom. The number of halogens is 1. The first kappa shape index (κ1) is 20.5. The lowest BCUT2D eigenvalue weighted by atomic mass is 9.77. The average molecular weight is 379 g/mol. The predicted octanol–water partition coefficient (Wildman–Crippen LogP) is 7.09. The molecule has 3 rings (SSSR count). The minimum atomic E-state index is -0.353. The van der Waals surface area contributed by atoms with Crippen LogP contribution in [0.3, 0.4) is 0 Å². The molecule has 2 aromatic rings. The van der Waals surface area contributed by atoms with Crippen LogP contribution in [0.25, 0.3) is 0 Å².